The van der Waals surface area contributed by atoms with Gasteiger partial charge in [0.15, 0.2) is 5.78 Å². The van der Waals surface area contributed by atoms with Crippen LogP contribution in [0.4, 0.5) is 11.4 Å². The first-order valence-electron chi connectivity index (χ1n) is 8.75. The molecule has 1 atom stereocenters. The van der Waals surface area contributed by atoms with E-state index in [0.29, 0.717) is 17.6 Å². The molecule has 134 valence electrons. The van der Waals surface area contributed by atoms with Crippen molar-refractivity contribution in [3.8, 4) is 11.5 Å². The molecule has 2 aliphatic rings. The van der Waals surface area contributed by atoms with Crippen molar-refractivity contribution in [3.05, 3.63) is 59.3 Å². The van der Waals surface area contributed by atoms with Crippen molar-refractivity contribution in [1.29, 1.82) is 0 Å². The monoisotopic (exact) mass is 350 g/mol. The molecule has 4 rings (SSSR count). The third-order valence-corrected chi connectivity index (χ3v) is 5.05. The maximum Gasteiger partial charge on any atom is 0.163 e. The predicted octanol–water partition coefficient (Wildman–Crippen LogP) is 4.32. The zero-order valence-electron chi connectivity index (χ0n) is 14.8. The SMILES string of the molecule is CC1(C)CC(=O)C2=C(C1)Nc1ccccc1N[C@H]2c1ccc(O)cc1O. The molecule has 0 fully saturated rings. The fourth-order valence-corrected chi connectivity index (χ4v) is 3.90. The van der Waals surface area contributed by atoms with Gasteiger partial charge in [-0.3, -0.25) is 4.79 Å². The van der Waals surface area contributed by atoms with E-state index < -0.39 is 6.04 Å². The van der Waals surface area contributed by atoms with Crippen LogP contribution in [0.5, 0.6) is 11.5 Å². The second-order valence-electron chi connectivity index (χ2n) is 7.82. The number of fused-ring (bicyclic) bond motifs is 1. The molecule has 1 heterocycles. The van der Waals surface area contributed by atoms with Crippen molar-refractivity contribution < 1.29 is 15.0 Å². The second-order valence-corrected chi connectivity index (χ2v) is 7.82. The zero-order chi connectivity index (χ0) is 18.5. The van der Waals surface area contributed by atoms with Crippen LogP contribution in [-0.4, -0.2) is 16.0 Å². The molecule has 2 aromatic carbocycles. The molecule has 1 aliphatic carbocycles. The van der Waals surface area contributed by atoms with Crippen LogP contribution in [0.1, 0.15) is 38.3 Å². The van der Waals surface area contributed by atoms with Crippen molar-refractivity contribution in [3.63, 3.8) is 0 Å². The van der Waals surface area contributed by atoms with Crippen LogP contribution >= 0.6 is 0 Å². The number of ketones is 1. The Kier molecular flexibility index (Phi) is 3.68. The largest absolute Gasteiger partial charge is 0.508 e. The quantitative estimate of drug-likeness (QED) is 0.616. The maximum absolute atomic E-state index is 13.0. The van der Waals surface area contributed by atoms with Crippen LogP contribution in [-0.2, 0) is 4.79 Å². The van der Waals surface area contributed by atoms with Crippen LogP contribution in [0.2, 0.25) is 0 Å². The summed E-state index contributed by atoms with van der Waals surface area (Å²) in [7, 11) is 0. The number of hydrogen-bond donors (Lipinski definition) is 4. The Labute approximate surface area is 152 Å². The minimum Gasteiger partial charge on any atom is -0.508 e. The summed E-state index contributed by atoms with van der Waals surface area (Å²) < 4.78 is 0. The van der Waals surface area contributed by atoms with Crippen molar-refractivity contribution in [2.45, 2.75) is 32.7 Å². The highest BCUT2D eigenvalue weighted by atomic mass is 16.3. The van der Waals surface area contributed by atoms with Crippen LogP contribution in [0, 0.1) is 5.41 Å². The number of Topliss-reactive ketones (excluding diaryl/α,β-unsaturated/α-hetero) is 1. The molecule has 0 spiro atoms. The van der Waals surface area contributed by atoms with Gasteiger partial charge in [-0.05, 0) is 36.1 Å². The number of anilines is 2. The number of hydrogen-bond acceptors (Lipinski definition) is 5. The number of phenolic OH excluding ortho intramolecular Hbond substituents is 2. The third kappa shape index (κ3) is 2.79. The molecular formula is C21H22N2O3. The molecule has 0 unspecified atom stereocenters. The van der Waals surface area contributed by atoms with Gasteiger partial charge in [-0.2, -0.15) is 0 Å². The van der Waals surface area contributed by atoms with Crippen molar-refractivity contribution in [2.75, 3.05) is 10.6 Å². The Hall–Kier alpha value is -2.95. The lowest BCUT2D eigenvalue weighted by atomic mass is 9.73. The van der Waals surface area contributed by atoms with Crippen LogP contribution in [0.3, 0.4) is 0 Å². The number of para-hydroxylation sites is 2. The molecule has 0 aromatic heterocycles. The van der Waals surface area contributed by atoms with Crippen molar-refractivity contribution in [1.82, 2.24) is 0 Å². The number of nitrogens with one attached hydrogen (secondary N) is 2. The van der Waals surface area contributed by atoms with E-state index in [4.69, 9.17) is 0 Å². The van der Waals surface area contributed by atoms with Gasteiger partial charge >= 0.3 is 0 Å². The Morgan fingerprint density at radius 1 is 1.04 bits per heavy atom. The standard InChI is InChI=1S/C21H22N2O3/c1-21(2)10-16-19(18(26)11-21)20(13-8-7-12(24)9-17(13)25)23-15-6-4-3-5-14(15)22-16/h3-9,20,22-25H,10-11H2,1-2H3/t20-/m0/s1. The molecule has 0 saturated heterocycles. The molecule has 5 heteroatoms. The highest BCUT2D eigenvalue weighted by Crippen LogP contribution is 2.46. The van der Waals surface area contributed by atoms with E-state index in [0.717, 1.165) is 23.5 Å². The zero-order valence-corrected chi connectivity index (χ0v) is 14.8. The van der Waals surface area contributed by atoms with E-state index >= 15 is 0 Å². The number of rotatable bonds is 1. The Morgan fingerprint density at radius 2 is 1.77 bits per heavy atom. The summed E-state index contributed by atoms with van der Waals surface area (Å²) in [5.41, 5.74) is 3.77. The third-order valence-electron chi connectivity index (χ3n) is 5.05. The Morgan fingerprint density at radius 3 is 2.50 bits per heavy atom. The van der Waals surface area contributed by atoms with Crippen LogP contribution in [0.15, 0.2) is 53.7 Å². The molecule has 26 heavy (non-hydrogen) atoms. The summed E-state index contributed by atoms with van der Waals surface area (Å²) in [6, 6.07) is 11.8. The Balaban J connectivity index is 1.91. The minimum absolute atomic E-state index is 0.0105. The molecule has 1 aliphatic heterocycles. The fraction of sp³-hybridized carbons (Fsp3) is 0.286. The van der Waals surface area contributed by atoms with Gasteiger partial charge in [0, 0.05) is 29.3 Å². The lowest BCUT2D eigenvalue weighted by Gasteiger charge is -2.34. The van der Waals surface area contributed by atoms with E-state index in [1.165, 1.54) is 12.1 Å². The topological polar surface area (TPSA) is 81.6 Å². The van der Waals surface area contributed by atoms with Gasteiger partial charge in [-0.25, -0.2) is 0 Å². The summed E-state index contributed by atoms with van der Waals surface area (Å²) in [4.78, 5) is 13.0. The second kappa shape index (κ2) is 5.80. The molecule has 4 N–H and O–H groups in total. The maximum atomic E-state index is 13.0. The van der Waals surface area contributed by atoms with Gasteiger partial charge in [-0.15, -0.1) is 0 Å². The first kappa shape index (κ1) is 16.5. The number of allylic oxidation sites excluding steroid dienone is 1. The fourth-order valence-electron chi connectivity index (χ4n) is 3.90. The lowest BCUT2D eigenvalue weighted by Crippen LogP contribution is -2.31. The van der Waals surface area contributed by atoms with E-state index in [-0.39, 0.29) is 22.7 Å². The number of benzene rings is 2. The van der Waals surface area contributed by atoms with E-state index in [2.05, 4.69) is 24.5 Å². The first-order chi connectivity index (χ1) is 12.3. The first-order valence-corrected chi connectivity index (χ1v) is 8.75. The van der Waals surface area contributed by atoms with Crippen LogP contribution in [0.25, 0.3) is 0 Å². The number of carbonyl (C=O) groups is 1. The van der Waals surface area contributed by atoms with E-state index in [1.807, 2.05) is 24.3 Å². The summed E-state index contributed by atoms with van der Waals surface area (Å²) in [5, 5.41) is 26.9. The van der Waals surface area contributed by atoms with Gasteiger partial charge in [-0.1, -0.05) is 26.0 Å². The van der Waals surface area contributed by atoms with Gasteiger partial charge in [0.1, 0.15) is 11.5 Å². The molecular weight excluding hydrogens is 328 g/mol. The normalized spacial score (nSPS) is 21.2. The minimum atomic E-state index is -0.481. The van der Waals surface area contributed by atoms with Gasteiger partial charge < -0.3 is 20.8 Å². The Bertz CT molecular complexity index is 931. The number of phenols is 2. The molecule has 0 saturated carbocycles. The average molecular weight is 350 g/mol. The average Bonchev–Trinajstić information content (AvgIpc) is 2.69. The summed E-state index contributed by atoms with van der Waals surface area (Å²) >= 11 is 0. The van der Waals surface area contributed by atoms with Gasteiger partial charge in [0.2, 0.25) is 0 Å². The molecule has 0 bridgehead atoms. The molecule has 0 amide bonds. The number of carbonyl (C=O) groups excluding carboxylic acids is 1. The van der Waals surface area contributed by atoms with Gasteiger partial charge in [0.25, 0.3) is 0 Å². The van der Waals surface area contributed by atoms with Crippen LogP contribution < -0.4 is 10.6 Å². The summed E-state index contributed by atoms with van der Waals surface area (Å²) in [6.45, 7) is 4.18. The lowest BCUT2D eigenvalue weighted by molar-refractivity contribution is -0.118. The predicted molar refractivity (Wildman–Crippen MR) is 101 cm³/mol. The molecule has 2 aromatic rings. The highest BCUT2D eigenvalue weighted by molar-refractivity contribution is 6.01. The molecule has 5 nitrogen and oxygen atoms in total. The smallest absolute Gasteiger partial charge is 0.163 e. The van der Waals surface area contributed by atoms with Gasteiger partial charge in [0.05, 0.1) is 17.4 Å². The summed E-state index contributed by atoms with van der Waals surface area (Å²) in [5.74, 6) is 0.0246. The van der Waals surface area contributed by atoms with E-state index in [9.17, 15) is 15.0 Å². The van der Waals surface area contributed by atoms with Crippen molar-refractivity contribution >= 4 is 17.2 Å². The highest BCUT2D eigenvalue weighted by Gasteiger charge is 2.39. The number of aromatic hydroxyl groups is 2. The van der Waals surface area contributed by atoms with E-state index in [1.54, 1.807) is 6.07 Å². The molecule has 0 radical (unpaired) electrons. The van der Waals surface area contributed by atoms with Crippen molar-refractivity contribution in [2.24, 2.45) is 5.41 Å². The summed E-state index contributed by atoms with van der Waals surface area (Å²) in [6.07, 6.45) is 1.21.